The molecule has 0 saturated carbocycles. The minimum Gasteiger partial charge on any atom is -0.383 e. The van der Waals surface area contributed by atoms with Crippen molar-refractivity contribution in [2.45, 2.75) is 20.0 Å². The van der Waals surface area contributed by atoms with E-state index in [-0.39, 0.29) is 5.82 Å². The molecule has 1 aromatic carbocycles. The number of aliphatic hydroxyl groups excluding tert-OH is 1. The molecule has 0 bridgehead atoms. The van der Waals surface area contributed by atoms with Crippen molar-refractivity contribution >= 4 is 22.9 Å². The third kappa shape index (κ3) is 2.51. The van der Waals surface area contributed by atoms with Crippen LogP contribution in [0.5, 0.6) is 0 Å². The minimum atomic E-state index is -0.865. The predicted octanol–water partition coefficient (Wildman–Crippen LogP) is 4.24. The van der Waals surface area contributed by atoms with Crippen molar-refractivity contribution in [3.05, 3.63) is 56.0 Å². The molecule has 2 rings (SSSR count). The second kappa shape index (κ2) is 4.77. The number of halogens is 2. The summed E-state index contributed by atoms with van der Waals surface area (Å²) in [6.07, 6.45) is -0.865. The first kappa shape index (κ1) is 12.6. The van der Waals surface area contributed by atoms with Gasteiger partial charge in [-0.15, -0.1) is 11.3 Å². The Hall–Kier alpha value is -0.900. The number of hydrogen-bond acceptors (Lipinski definition) is 2. The van der Waals surface area contributed by atoms with Gasteiger partial charge in [-0.1, -0.05) is 17.7 Å². The van der Waals surface area contributed by atoms with E-state index in [1.165, 1.54) is 23.5 Å². The van der Waals surface area contributed by atoms with Crippen molar-refractivity contribution in [1.29, 1.82) is 0 Å². The van der Waals surface area contributed by atoms with E-state index in [2.05, 4.69) is 0 Å². The summed E-state index contributed by atoms with van der Waals surface area (Å²) in [6, 6.07) is 4.53. The predicted molar refractivity (Wildman–Crippen MR) is 69.3 cm³/mol. The normalized spacial score (nSPS) is 12.8. The summed E-state index contributed by atoms with van der Waals surface area (Å²) >= 11 is 7.48. The Morgan fingerprint density at radius 2 is 2.00 bits per heavy atom. The van der Waals surface area contributed by atoms with E-state index in [1.807, 2.05) is 12.3 Å². The van der Waals surface area contributed by atoms with E-state index < -0.39 is 6.10 Å². The van der Waals surface area contributed by atoms with Gasteiger partial charge >= 0.3 is 0 Å². The molecule has 0 aliphatic carbocycles. The van der Waals surface area contributed by atoms with Gasteiger partial charge in [-0.25, -0.2) is 4.39 Å². The number of thiophene rings is 1. The Labute approximate surface area is 108 Å². The van der Waals surface area contributed by atoms with E-state index in [4.69, 9.17) is 11.6 Å². The van der Waals surface area contributed by atoms with Crippen LogP contribution in [0.25, 0.3) is 0 Å². The standard InChI is InChI=1S/C13H12ClFOS/c1-7-3-9(5-10(15)4-7)12(16)13-11(14)8(2)6-17-13/h3-6,12,16H,1-2H3. The van der Waals surface area contributed by atoms with Gasteiger partial charge < -0.3 is 5.11 Å². The quantitative estimate of drug-likeness (QED) is 0.865. The number of benzene rings is 1. The summed E-state index contributed by atoms with van der Waals surface area (Å²) in [5.41, 5.74) is 2.24. The van der Waals surface area contributed by atoms with Crippen molar-refractivity contribution in [3.63, 3.8) is 0 Å². The van der Waals surface area contributed by atoms with Crippen LogP contribution in [-0.4, -0.2) is 5.11 Å². The molecule has 4 heteroatoms. The van der Waals surface area contributed by atoms with Crippen LogP contribution in [0.4, 0.5) is 4.39 Å². The van der Waals surface area contributed by atoms with E-state index in [1.54, 1.807) is 13.0 Å². The van der Waals surface area contributed by atoms with Crippen molar-refractivity contribution in [2.24, 2.45) is 0 Å². The van der Waals surface area contributed by atoms with Gasteiger partial charge in [0.25, 0.3) is 0 Å². The zero-order valence-corrected chi connectivity index (χ0v) is 11.1. The number of hydrogen-bond donors (Lipinski definition) is 1. The Kier molecular flexibility index (Phi) is 3.52. The van der Waals surface area contributed by atoms with E-state index in [9.17, 15) is 9.50 Å². The van der Waals surface area contributed by atoms with E-state index in [0.717, 1.165) is 11.1 Å². The molecule has 0 aliphatic rings. The summed E-state index contributed by atoms with van der Waals surface area (Å²) in [5.74, 6) is -0.344. The smallest absolute Gasteiger partial charge is 0.123 e. The summed E-state index contributed by atoms with van der Waals surface area (Å²) in [6.45, 7) is 3.67. The maximum absolute atomic E-state index is 13.3. The lowest BCUT2D eigenvalue weighted by Gasteiger charge is -2.11. The SMILES string of the molecule is Cc1cc(F)cc(C(O)c2scc(C)c2Cl)c1. The lowest BCUT2D eigenvalue weighted by atomic mass is 10.0. The molecule has 1 aromatic heterocycles. The molecular formula is C13H12ClFOS. The highest BCUT2D eigenvalue weighted by molar-refractivity contribution is 7.10. The molecule has 0 saturated heterocycles. The van der Waals surface area contributed by atoms with Crippen LogP contribution in [0.3, 0.4) is 0 Å². The molecule has 90 valence electrons. The number of rotatable bonds is 2. The Morgan fingerprint density at radius 1 is 1.29 bits per heavy atom. The van der Waals surface area contributed by atoms with Gasteiger partial charge in [0.1, 0.15) is 11.9 Å². The lowest BCUT2D eigenvalue weighted by molar-refractivity contribution is 0.223. The maximum Gasteiger partial charge on any atom is 0.123 e. The second-order valence-corrected chi connectivity index (χ2v) is 5.35. The number of aryl methyl sites for hydroxylation is 2. The van der Waals surface area contributed by atoms with Crippen molar-refractivity contribution in [2.75, 3.05) is 0 Å². The average Bonchev–Trinajstić information content (AvgIpc) is 2.57. The van der Waals surface area contributed by atoms with Gasteiger partial charge in [-0.3, -0.25) is 0 Å². The fraction of sp³-hybridized carbons (Fsp3) is 0.231. The van der Waals surface area contributed by atoms with Gasteiger partial charge in [0.2, 0.25) is 0 Å². The van der Waals surface area contributed by atoms with Crippen LogP contribution < -0.4 is 0 Å². The van der Waals surface area contributed by atoms with Gasteiger partial charge in [0.15, 0.2) is 0 Å². The Bertz CT molecular complexity index is 530. The highest BCUT2D eigenvalue weighted by Gasteiger charge is 2.18. The maximum atomic E-state index is 13.3. The third-order valence-electron chi connectivity index (χ3n) is 2.55. The van der Waals surface area contributed by atoms with Gasteiger partial charge in [-0.2, -0.15) is 0 Å². The Morgan fingerprint density at radius 3 is 2.53 bits per heavy atom. The van der Waals surface area contributed by atoms with E-state index >= 15 is 0 Å². The Balaban J connectivity index is 2.43. The molecule has 1 atom stereocenters. The zero-order chi connectivity index (χ0) is 12.6. The monoisotopic (exact) mass is 270 g/mol. The molecule has 2 aromatic rings. The molecule has 1 unspecified atom stereocenters. The van der Waals surface area contributed by atoms with Crippen molar-refractivity contribution in [1.82, 2.24) is 0 Å². The average molecular weight is 271 g/mol. The summed E-state index contributed by atoms with van der Waals surface area (Å²) in [7, 11) is 0. The number of aliphatic hydroxyl groups is 1. The minimum absolute atomic E-state index is 0.344. The molecule has 1 heterocycles. The van der Waals surface area contributed by atoms with Crippen LogP contribution in [0.15, 0.2) is 23.6 Å². The molecule has 17 heavy (non-hydrogen) atoms. The topological polar surface area (TPSA) is 20.2 Å². The van der Waals surface area contributed by atoms with Gasteiger partial charge in [-0.05, 0) is 48.1 Å². The fourth-order valence-electron chi connectivity index (χ4n) is 1.71. The first-order valence-electron chi connectivity index (χ1n) is 5.17. The molecule has 0 radical (unpaired) electrons. The highest BCUT2D eigenvalue weighted by atomic mass is 35.5. The molecule has 0 spiro atoms. The lowest BCUT2D eigenvalue weighted by Crippen LogP contribution is -1.99. The zero-order valence-electron chi connectivity index (χ0n) is 9.50. The molecular weight excluding hydrogens is 259 g/mol. The van der Waals surface area contributed by atoms with Crippen LogP contribution in [-0.2, 0) is 0 Å². The fourth-order valence-corrected chi connectivity index (χ4v) is 3.02. The van der Waals surface area contributed by atoms with Crippen LogP contribution in [0.2, 0.25) is 5.02 Å². The van der Waals surface area contributed by atoms with E-state index in [0.29, 0.717) is 15.5 Å². The second-order valence-electron chi connectivity index (χ2n) is 4.06. The molecule has 0 fully saturated rings. The molecule has 0 amide bonds. The van der Waals surface area contributed by atoms with Crippen LogP contribution in [0, 0.1) is 19.7 Å². The van der Waals surface area contributed by atoms with Crippen molar-refractivity contribution < 1.29 is 9.50 Å². The summed E-state index contributed by atoms with van der Waals surface area (Å²) < 4.78 is 13.3. The summed E-state index contributed by atoms with van der Waals surface area (Å²) in [5, 5.41) is 12.6. The largest absolute Gasteiger partial charge is 0.383 e. The van der Waals surface area contributed by atoms with Crippen molar-refractivity contribution in [3.8, 4) is 0 Å². The van der Waals surface area contributed by atoms with Crippen LogP contribution >= 0.6 is 22.9 Å². The first-order valence-corrected chi connectivity index (χ1v) is 6.43. The summed E-state index contributed by atoms with van der Waals surface area (Å²) in [4.78, 5) is 0.661. The first-order chi connectivity index (χ1) is 7.99. The van der Waals surface area contributed by atoms with Crippen LogP contribution in [0.1, 0.15) is 27.7 Å². The van der Waals surface area contributed by atoms with Gasteiger partial charge in [0.05, 0.1) is 9.90 Å². The highest BCUT2D eigenvalue weighted by Crippen LogP contribution is 2.35. The molecule has 1 N–H and O–H groups in total. The molecule has 1 nitrogen and oxygen atoms in total. The third-order valence-corrected chi connectivity index (χ3v) is 4.32. The van der Waals surface area contributed by atoms with Gasteiger partial charge in [0, 0.05) is 0 Å². The molecule has 0 aliphatic heterocycles.